The average Bonchev–Trinajstić information content (AvgIpc) is 2.67. The Morgan fingerprint density at radius 2 is 1.48 bits per heavy atom. The van der Waals surface area contributed by atoms with E-state index in [1.807, 2.05) is 54.7 Å². The molecule has 27 heavy (non-hydrogen) atoms. The van der Waals surface area contributed by atoms with Crippen LogP contribution in [0.2, 0.25) is 0 Å². The van der Waals surface area contributed by atoms with Crippen molar-refractivity contribution in [3.63, 3.8) is 0 Å². The third kappa shape index (κ3) is 5.26. The number of benzene rings is 1. The van der Waals surface area contributed by atoms with Crippen molar-refractivity contribution >= 4 is 53.9 Å². The SMILES string of the molecule is Cl.Cl.Cl.c1cncc(CNc2nc(-c3cccnc3)nc3ccccc23)c1. The number of hydrogen-bond acceptors (Lipinski definition) is 5. The maximum atomic E-state index is 4.70. The molecule has 4 aromatic rings. The smallest absolute Gasteiger partial charge is 0.163 e. The van der Waals surface area contributed by atoms with Crippen LogP contribution in [0.3, 0.4) is 0 Å². The molecule has 0 radical (unpaired) electrons. The minimum atomic E-state index is 0. The van der Waals surface area contributed by atoms with Gasteiger partial charge in [0.2, 0.25) is 0 Å². The lowest BCUT2D eigenvalue weighted by atomic mass is 10.2. The van der Waals surface area contributed by atoms with E-state index in [1.165, 1.54) is 0 Å². The third-order valence-corrected chi connectivity index (χ3v) is 3.71. The van der Waals surface area contributed by atoms with Gasteiger partial charge in [0.25, 0.3) is 0 Å². The Morgan fingerprint density at radius 3 is 2.19 bits per heavy atom. The maximum absolute atomic E-state index is 4.70. The van der Waals surface area contributed by atoms with Gasteiger partial charge in [0.1, 0.15) is 5.82 Å². The highest BCUT2D eigenvalue weighted by Crippen LogP contribution is 2.24. The zero-order valence-electron chi connectivity index (χ0n) is 14.1. The number of nitrogens with zero attached hydrogens (tertiary/aromatic N) is 4. The molecule has 0 aliphatic heterocycles. The Bertz CT molecular complexity index is 969. The number of hydrogen-bond donors (Lipinski definition) is 1. The maximum Gasteiger partial charge on any atom is 0.163 e. The predicted molar refractivity (Wildman–Crippen MR) is 116 cm³/mol. The molecule has 0 fully saturated rings. The van der Waals surface area contributed by atoms with Crippen molar-refractivity contribution < 1.29 is 0 Å². The van der Waals surface area contributed by atoms with Gasteiger partial charge in [0.05, 0.1) is 5.52 Å². The van der Waals surface area contributed by atoms with Gasteiger partial charge in [-0.2, -0.15) is 0 Å². The summed E-state index contributed by atoms with van der Waals surface area (Å²) in [7, 11) is 0. The fraction of sp³-hybridized carbons (Fsp3) is 0.0526. The number of fused-ring (bicyclic) bond motifs is 1. The predicted octanol–water partition coefficient (Wildman–Crippen LogP) is 4.96. The first-order valence-electron chi connectivity index (χ1n) is 7.70. The molecule has 3 aromatic heterocycles. The van der Waals surface area contributed by atoms with Crippen LogP contribution >= 0.6 is 37.2 Å². The van der Waals surface area contributed by atoms with Crippen LogP contribution in [0, 0.1) is 0 Å². The van der Waals surface area contributed by atoms with E-state index >= 15 is 0 Å². The standard InChI is InChI=1S/C19H15N5.3ClH/c1-2-8-17-16(7-1)19(22-12-14-5-3-9-20-11-14)24-18(23-17)15-6-4-10-21-13-15;;;/h1-11,13H,12H2,(H,22,23,24);3*1H. The molecule has 0 spiro atoms. The van der Waals surface area contributed by atoms with Crippen LogP contribution < -0.4 is 5.32 Å². The first kappa shape index (κ1) is 22.6. The van der Waals surface area contributed by atoms with E-state index in [2.05, 4.69) is 20.3 Å². The number of anilines is 1. The second kappa shape index (κ2) is 10.6. The van der Waals surface area contributed by atoms with Crippen molar-refractivity contribution in [3.05, 3.63) is 78.9 Å². The van der Waals surface area contributed by atoms with Crippen LogP contribution in [-0.4, -0.2) is 19.9 Å². The zero-order valence-corrected chi connectivity index (χ0v) is 16.6. The van der Waals surface area contributed by atoms with Crippen LogP contribution in [0.15, 0.2) is 73.3 Å². The summed E-state index contributed by atoms with van der Waals surface area (Å²) < 4.78 is 0. The highest BCUT2D eigenvalue weighted by atomic mass is 35.5. The summed E-state index contributed by atoms with van der Waals surface area (Å²) in [6.45, 7) is 0.654. The van der Waals surface area contributed by atoms with Gasteiger partial charge in [-0.25, -0.2) is 9.97 Å². The topological polar surface area (TPSA) is 63.6 Å². The zero-order chi connectivity index (χ0) is 16.2. The minimum Gasteiger partial charge on any atom is -0.365 e. The highest BCUT2D eigenvalue weighted by Gasteiger charge is 2.09. The Balaban J connectivity index is 0.00000121. The average molecular weight is 423 g/mol. The Kier molecular flexibility index (Phi) is 8.88. The number of halogens is 3. The molecular formula is C19H18Cl3N5. The molecule has 0 atom stereocenters. The minimum absolute atomic E-state index is 0. The van der Waals surface area contributed by atoms with Crippen molar-refractivity contribution in [1.82, 2.24) is 19.9 Å². The van der Waals surface area contributed by atoms with Crippen LogP contribution in [0.25, 0.3) is 22.3 Å². The number of rotatable bonds is 4. The summed E-state index contributed by atoms with van der Waals surface area (Å²) in [6.07, 6.45) is 7.13. The van der Waals surface area contributed by atoms with Crippen LogP contribution in [0.5, 0.6) is 0 Å². The summed E-state index contributed by atoms with van der Waals surface area (Å²) in [4.78, 5) is 17.7. The van der Waals surface area contributed by atoms with Gasteiger partial charge in [-0.15, -0.1) is 37.2 Å². The second-order valence-electron chi connectivity index (χ2n) is 5.37. The molecular weight excluding hydrogens is 405 g/mol. The quantitative estimate of drug-likeness (QED) is 0.503. The molecule has 0 saturated heterocycles. The van der Waals surface area contributed by atoms with Gasteiger partial charge in [0.15, 0.2) is 5.82 Å². The van der Waals surface area contributed by atoms with Crippen molar-refractivity contribution in [2.24, 2.45) is 0 Å². The normalized spacial score (nSPS) is 9.48. The second-order valence-corrected chi connectivity index (χ2v) is 5.37. The van der Waals surface area contributed by atoms with Gasteiger partial charge in [-0.3, -0.25) is 9.97 Å². The van der Waals surface area contributed by atoms with E-state index in [1.54, 1.807) is 18.6 Å². The lowest BCUT2D eigenvalue weighted by Crippen LogP contribution is -2.04. The van der Waals surface area contributed by atoms with Gasteiger partial charge in [-0.1, -0.05) is 18.2 Å². The number of para-hydroxylation sites is 1. The van der Waals surface area contributed by atoms with Crippen LogP contribution in [0.4, 0.5) is 5.82 Å². The molecule has 0 unspecified atom stereocenters. The van der Waals surface area contributed by atoms with Crippen molar-refractivity contribution in [3.8, 4) is 11.4 Å². The largest absolute Gasteiger partial charge is 0.365 e. The highest BCUT2D eigenvalue weighted by molar-refractivity contribution is 5.90. The Labute approximate surface area is 175 Å². The van der Waals surface area contributed by atoms with Crippen LogP contribution in [0.1, 0.15) is 5.56 Å². The summed E-state index contributed by atoms with van der Waals surface area (Å²) in [5, 5.41) is 4.40. The molecule has 0 aliphatic rings. The Hall–Kier alpha value is -2.47. The van der Waals surface area contributed by atoms with Gasteiger partial charge in [-0.05, 0) is 35.9 Å². The van der Waals surface area contributed by atoms with Crippen molar-refractivity contribution in [2.45, 2.75) is 6.54 Å². The first-order valence-corrected chi connectivity index (χ1v) is 7.70. The van der Waals surface area contributed by atoms with Crippen molar-refractivity contribution in [2.75, 3.05) is 5.32 Å². The summed E-state index contributed by atoms with van der Waals surface area (Å²) in [6, 6.07) is 15.8. The lowest BCUT2D eigenvalue weighted by molar-refractivity contribution is 1.08. The monoisotopic (exact) mass is 421 g/mol. The van der Waals surface area contributed by atoms with Gasteiger partial charge in [0, 0.05) is 42.3 Å². The van der Waals surface area contributed by atoms with E-state index in [4.69, 9.17) is 4.98 Å². The fourth-order valence-corrected chi connectivity index (χ4v) is 2.52. The molecule has 1 N–H and O–H groups in total. The molecule has 5 nitrogen and oxygen atoms in total. The molecule has 0 aliphatic carbocycles. The molecule has 1 aromatic carbocycles. The van der Waals surface area contributed by atoms with Gasteiger partial charge >= 0.3 is 0 Å². The molecule has 8 heteroatoms. The molecule has 4 rings (SSSR count). The van der Waals surface area contributed by atoms with Gasteiger partial charge < -0.3 is 5.32 Å². The van der Waals surface area contributed by atoms with Crippen LogP contribution in [-0.2, 0) is 6.54 Å². The number of aromatic nitrogens is 4. The van der Waals surface area contributed by atoms with E-state index in [0.717, 1.165) is 27.8 Å². The van der Waals surface area contributed by atoms with E-state index in [-0.39, 0.29) is 37.2 Å². The molecule has 0 bridgehead atoms. The number of pyridine rings is 2. The summed E-state index contributed by atoms with van der Waals surface area (Å²) >= 11 is 0. The fourth-order valence-electron chi connectivity index (χ4n) is 2.52. The molecule has 140 valence electrons. The van der Waals surface area contributed by atoms with E-state index in [0.29, 0.717) is 12.4 Å². The summed E-state index contributed by atoms with van der Waals surface area (Å²) in [5.74, 6) is 1.47. The Morgan fingerprint density at radius 1 is 0.741 bits per heavy atom. The number of nitrogens with one attached hydrogen (secondary N) is 1. The van der Waals surface area contributed by atoms with Crippen molar-refractivity contribution in [1.29, 1.82) is 0 Å². The van der Waals surface area contributed by atoms with E-state index < -0.39 is 0 Å². The first-order chi connectivity index (χ1) is 11.9. The summed E-state index contributed by atoms with van der Waals surface area (Å²) in [5.41, 5.74) is 2.90. The molecule has 0 saturated carbocycles. The third-order valence-electron chi connectivity index (χ3n) is 3.71. The lowest BCUT2D eigenvalue weighted by Gasteiger charge is -2.11. The van der Waals surface area contributed by atoms with E-state index in [9.17, 15) is 0 Å². The molecule has 3 heterocycles. The molecule has 0 amide bonds.